The Morgan fingerprint density at radius 2 is 2.22 bits per heavy atom. The Morgan fingerprint density at radius 1 is 1.35 bits per heavy atom. The van der Waals surface area contributed by atoms with Crippen LogP contribution in [-0.4, -0.2) is 46.2 Å². The minimum absolute atomic E-state index is 0.00411. The molecule has 0 aromatic carbocycles. The summed E-state index contributed by atoms with van der Waals surface area (Å²) in [5.41, 5.74) is 0. The highest BCUT2D eigenvalue weighted by Crippen LogP contribution is 2.36. The Balaban J connectivity index is 1.62. The van der Waals surface area contributed by atoms with Crippen LogP contribution in [0.1, 0.15) is 46.8 Å². The van der Waals surface area contributed by atoms with Crippen LogP contribution in [0.2, 0.25) is 0 Å². The molecule has 0 spiro atoms. The summed E-state index contributed by atoms with van der Waals surface area (Å²) in [4.78, 5) is 19.0. The summed E-state index contributed by atoms with van der Waals surface area (Å²) in [5, 5.41) is 3.86. The van der Waals surface area contributed by atoms with E-state index in [1.165, 1.54) is 0 Å². The van der Waals surface area contributed by atoms with Crippen LogP contribution >= 0.6 is 0 Å². The maximum absolute atomic E-state index is 12.8. The van der Waals surface area contributed by atoms with E-state index in [9.17, 15) is 4.79 Å². The molecule has 0 unspecified atom stereocenters. The molecule has 2 aromatic rings. The number of piperidine rings is 1. The van der Waals surface area contributed by atoms with Gasteiger partial charge in [-0.2, -0.15) is 4.98 Å². The standard InChI is InChI=1S/C16H19N3O4/c1-9-3-4-13(22-9)16(20)19-8-11(15-17-10(2)18-23-15)7-14-12(19)5-6-21-14/h3-4,11-12,14H,5-8H2,1-2H3/t11-,12+,14+/m1/s1. The normalized spacial score (nSPS) is 27.2. The molecule has 3 atom stereocenters. The quantitative estimate of drug-likeness (QED) is 0.843. The Kier molecular flexibility index (Phi) is 3.45. The number of nitrogens with zero attached hydrogens (tertiary/aromatic N) is 3. The van der Waals surface area contributed by atoms with Gasteiger partial charge in [-0.05, 0) is 38.8 Å². The highest BCUT2D eigenvalue weighted by atomic mass is 16.5. The molecule has 2 aliphatic rings. The van der Waals surface area contributed by atoms with Crippen LogP contribution in [0.3, 0.4) is 0 Å². The molecule has 122 valence electrons. The van der Waals surface area contributed by atoms with Gasteiger partial charge in [0.25, 0.3) is 5.91 Å². The fourth-order valence-corrected chi connectivity index (χ4v) is 3.53. The molecule has 0 saturated carbocycles. The predicted octanol–water partition coefficient (Wildman–Crippen LogP) is 2.07. The van der Waals surface area contributed by atoms with Crippen molar-refractivity contribution in [3.63, 3.8) is 0 Å². The molecule has 0 radical (unpaired) electrons. The molecule has 23 heavy (non-hydrogen) atoms. The van der Waals surface area contributed by atoms with Crippen molar-refractivity contribution in [2.45, 2.75) is 44.8 Å². The third-order valence-corrected chi connectivity index (χ3v) is 4.61. The van der Waals surface area contributed by atoms with E-state index in [1.54, 1.807) is 19.1 Å². The second-order valence-electron chi connectivity index (χ2n) is 6.25. The van der Waals surface area contributed by atoms with Gasteiger partial charge in [0.05, 0.1) is 18.1 Å². The first-order valence-corrected chi connectivity index (χ1v) is 7.91. The molecule has 0 N–H and O–H groups in total. The zero-order valence-corrected chi connectivity index (χ0v) is 13.2. The van der Waals surface area contributed by atoms with Crippen LogP contribution in [0.5, 0.6) is 0 Å². The maximum Gasteiger partial charge on any atom is 0.289 e. The van der Waals surface area contributed by atoms with Crippen molar-refractivity contribution in [3.05, 3.63) is 35.4 Å². The lowest BCUT2D eigenvalue weighted by Gasteiger charge is -2.39. The van der Waals surface area contributed by atoms with Crippen molar-refractivity contribution in [3.8, 4) is 0 Å². The summed E-state index contributed by atoms with van der Waals surface area (Å²) >= 11 is 0. The maximum atomic E-state index is 12.8. The molecule has 4 heterocycles. The number of furan rings is 1. The number of fused-ring (bicyclic) bond motifs is 1. The van der Waals surface area contributed by atoms with E-state index in [0.717, 1.165) is 18.6 Å². The van der Waals surface area contributed by atoms with Crippen molar-refractivity contribution in [2.75, 3.05) is 13.2 Å². The lowest BCUT2D eigenvalue weighted by molar-refractivity contribution is 0.0108. The summed E-state index contributed by atoms with van der Waals surface area (Å²) in [5.74, 6) is 2.18. The number of ether oxygens (including phenoxy) is 1. The Hall–Kier alpha value is -2.15. The SMILES string of the molecule is Cc1noc([C@@H]2C[C@@H]3OCC[C@@H]3N(C(=O)c3ccc(C)o3)C2)n1. The monoisotopic (exact) mass is 317 g/mol. The molecule has 2 fully saturated rings. The number of hydrogen-bond donors (Lipinski definition) is 0. The third kappa shape index (κ3) is 2.55. The number of aryl methyl sites for hydroxylation is 2. The Morgan fingerprint density at radius 3 is 2.91 bits per heavy atom. The molecule has 2 saturated heterocycles. The van der Waals surface area contributed by atoms with Crippen molar-refractivity contribution < 1.29 is 18.5 Å². The number of likely N-dealkylation sites (tertiary alicyclic amines) is 1. The van der Waals surface area contributed by atoms with E-state index >= 15 is 0 Å². The highest BCUT2D eigenvalue weighted by Gasteiger charge is 2.44. The van der Waals surface area contributed by atoms with Gasteiger partial charge in [-0.25, -0.2) is 0 Å². The minimum atomic E-state index is -0.0977. The molecule has 2 aromatic heterocycles. The first kappa shape index (κ1) is 14.4. The molecule has 1 amide bonds. The molecule has 2 aliphatic heterocycles. The summed E-state index contributed by atoms with van der Waals surface area (Å²) in [6.45, 7) is 4.84. The molecular weight excluding hydrogens is 298 g/mol. The predicted molar refractivity (Wildman–Crippen MR) is 79.0 cm³/mol. The lowest BCUT2D eigenvalue weighted by atomic mass is 9.89. The van der Waals surface area contributed by atoms with Crippen LogP contribution in [-0.2, 0) is 4.74 Å². The zero-order chi connectivity index (χ0) is 16.0. The molecule has 4 rings (SSSR count). The lowest BCUT2D eigenvalue weighted by Crippen LogP contribution is -2.51. The van der Waals surface area contributed by atoms with E-state index in [4.69, 9.17) is 13.7 Å². The van der Waals surface area contributed by atoms with E-state index in [-0.39, 0.29) is 24.0 Å². The molecule has 0 bridgehead atoms. The van der Waals surface area contributed by atoms with Crippen LogP contribution in [0.25, 0.3) is 0 Å². The fraction of sp³-hybridized carbons (Fsp3) is 0.562. The van der Waals surface area contributed by atoms with Crippen LogP contribution in [0, 0.1) is 13.8 Å². The largest absolute Gasteiger partial charge is 0.456 e. The average Bonchev–Trinajstić information content (AvgIpc) is 3.25. The molecule has 7 nitrogen and oxygen atoms in total. The van der Waals surface area contributed by atoms with Gasteiger partial charge in [0, 0.05) is 13.2 Å². The second kappa shape index (κ2) is 5.49. The zero-order valence-electron chi connectivity index (χ0n) is 13.2. The van der Waals surface area contributed by atoms with Crippen molar-refractivity contribution in [1.82, 2.24) is 15.0 Å². The number of rotatable bonds is 2. The third-order valence-electron chi connectivity index (χ3n) is 4.61. The molecular formula is C16H19N3O4. The summed E-state index contributed by atoms with van der Waals surface area (Å²) in [6.07, 6.45) is 1.67. The van der Waals surface area contributed by atoms with Gasteiger partial charge in [0.1, 0.15) is 5.76 Å². The molecule has 0 aliphatic carbocycles. The van der Waals surface area contributed by atoms with Crippen LogP contribution in [0.15, 0.2) is 21.1 Å². The van der Waals surface area contributed by atoms with Crippen molar-refractivity contribution in [2.24, 2.45) is 0 Å². The average molecular weight is 317 g/mol. The van der Waals surface area contributed by atoms with Gasteiger partial charge in [-0.3, -0.25) is 4.79 Å². The van der Waals surface area contributed by atoms with Gasteiger partial charge in [-0.15, -0.1) is 0 Å². The summed E-state index contributed by atoms with van der Waals surface area (Å²) in [6, 6.07) is 3.62. The van der Waals surface area contributed by atoms with E-state index < -0.39 is 0 Å². The van der Waals surface area contributed by atoms with E-state index in [1.807, 2.05) is 11.8 Å². The first-order chi connectivity index (χ1) is 11.1. The first-order valence-electron chi connectivity index (χ1n) is 7.91. The minimum Gasteiger partial charge on any atom is -0.456 e. The van der Waals surface area contributed by atoms with Crippen LogP contribution in [0.4, 0.5) is 0 Å². The fourth-order valence-electron chi connectivity index (χ4n) is 3.53. The Bertz CT molecular complexity index is 722. The second-order valence-corrected chi connectivity index (χ2v) is 6.25. The Labute approximate surface area is 133 Å². The van der Waals surface area contributed by atoms with E-state index in [0.29, 0.717) is 30.6 Å². The summed E-state index contributed by atoms with van der Waals surface area (Å²) in [7, 11) is 0. The summed E-state index contributed by atoms with van der Waals surface area (Å²) < 4.78 is 16.6. The van der Waals surface area contributed by atoms with Crippen molar-refractivity contribution in [1.29, 1.82) is 0 Å². The van der Waals surface area contributed by atoms with Gasteiger partial charge < -0.3 is 18.6 Å². The number of hydrogen-bond acceptors (Lipinski definition) is 6. The van der Waals surface area contributed by atoms with Gasteiger partial charge in [0.15, 0.2) is 11.6 Å². The number of carbonyl (C=O) groups excluding carboxylic acids is 1. The topological polar surface area (TPSA) is 81.6 Å². The van der Waals surface area contributed by atoms with Crippen LogP contribution < -0.4 is 0 Å². The highest BCUT2D eigenvalue weighted by molar-refractivity contribution is 5.92. The van der Waals surface area contributed by atoms with Crippen molar-refractivity contribution >= 4 is 5.91 Å². The molecule has 7 heteroatoms. The van der Waals surface area contributed by atoms with Gasteiger partial charge in [-0.1, -0.05) is 5.16 Å². The number of carbonyl (C=O) groups is 1. The number of amides is 1. The van der Waals surface area contributed by atoms with E-state index in [2.05, 4.69) is 10.1 Å². The van der Waals surface area contributed by atoms with Gasteiger partial charge >= 0.3 is 0 Å². The number of aromatic nitrogens is 2. The van der Waals surface area contributed by atoms with Gasteiger partial charge in [0.2, 0.25) is 5.89 Å². The smallest absolute Gasteiger partial charge is 0.289 e.